The fourth-order valence-corrected chi connectivity index (χ4v) is 10.00. The number of aliphatic hydroxyl groups excluding tert-OH is 1. The minimum absolute atomic E-state index is 0.0258. The lowest BCUT2D eigenvalue weighted by molar-refractivity contribution is -0.147. The van der Waals surface area contributed by atoms with Crippen molar-refractivity contribution in [1.29, 1.82) is 0 Å². The molecule has 0 aromatic heterocycles. The third kappa shape index (κ3) is 5.22. The molecule has 2 aromatic rings. The number of fused-ring (bicyclic) bond motifs is 1. The first-order valence-corrected chi connectivity index (χ1v) is 16.1. The monoisotopic (exact) mass is 601 g/mol. The molecule has 2 bridgehead atoms. The van der Waals surface area contributed by atoms with Crippen molar-refractivity contribution in [3.63, 3.8) is 0 Å². The minimum Gasteiger partial charge on any atom is -0.394 e. The van der Waals surface area contributed by atoms with Crippen LogP contribution in [0.2, 0.25) is 0 Å². The summed E-state index contributed by atoms with van der Waals surface area (Å²) in [5.41, 5.74) is 1.74. The summed E-state index contributed by atoms with van der Waals surface area (Å²) in [5.74, 6) is -1.77. The molecule has 8 heteroatoms. The van der Waals surface area contributed by atoms with Crippen molar-refractivity contribution >= 4 is 35.2 Å². The molecule has 3 aliphatic heterocycles. The summed E-state index contributed by atoms with van der Waals surface area (Å²) >= 11 is 1.66. The second kappa shape index (κ2) is 12.7. The predicted octanol–water partition coefficient (Wildman–Crippen LogP) is 4.77. The third-order valence-electron chi connectivity index (χ3n) is 9.54. The summed E-state index contributed by atoms with van der Waals surface area (Å²) in [5, 5.41) is 10.5. The zero-order chi connectivity index (χ0) is 30.9. The first-order valence-electron chi connectivity index (χ1n) is 15.2. The van der Waals surface area contributed by atoms with Gasteiger partial charge in [0, 0.05) is 30.6 Å². The predicted molar refractivity (Wildman–Crippen MR) is 172 cm³/mol. The lowest BCUT2D eigenvalue weighted by atomic mass is 9.65. The van der Waals surface area contributed by atoms with Crippen molar-refractivity contribution in [2.75, 3.05) is 24.6 Å². The lowest BCUT2D eigenvalue weighted by Gasteiger charge is -2.43. The van der Waals surface area contributed by atoms with E-state index < -0.39 is 28.7 Å². The van der Waals surface area contributed by atoms with E-state index in [0.717, 1.165) is 17.7 Å². The number of likely N-dealkylation sites (tertiary alicyclic amines) is 1. The quantitative estimate of drug-likeness (QED) is 0.355. The highest BCUT2D eigenvalue weighted by atomic mass is 32.2. The molecular formula is C35H43N3O4S. The lowest BCUT2D eigenvalue weighted by Crippen LogP contribution is -2.60. The zero-order valence-electron chi connectivity index (χ0n) is 25.3. The number of aliphatic hydroxyl groups is 1. The van der Waals surface area contributed by atoms with Crippen molar-refractivity contribution in [1.82, 2.24) is 9.80 Å². The first-order chi connectivity index (χ1) is 20.7. The Morgan fingerprint density at radius 2 is 1.67 bits per heavy atom. The number of carbonyl (C=O) groups is 3. The third-order valence-corrected chi connectivity index (χ3v) is 11.6. The Labute approximate surface area is 259 Å². The molecular weight excluding hydrogens is 558 g/mol. The maximum atomic E-state index is 14.8. The van der Waals surface area contributed by atoms with Crippen molar-refractivity contribution < 1.29 is 19.5 Å². The highest BCUT2D eigenvalue weighted by molar-refractivity contribution is 8.02. The number of thioether (sulfide) groups is 1. The molecule has 43 heavy (non-hydrogen) atoms. The summed E-state index contributed by atoms with van der Waals surface area (Å²) in [4.78, 5) is 49.2. The van der Waals surface area contributed by atoms with Crippen molar-refractivity contribution in [2.45, 2.75) is 55.8 Å². The molecule has 7 nitrogen and oxygen atoms in total. The van der Waals surface area contributed by atoms with Crippen LogP contribution in [0.3, 0.4) is 0 Å². The number of rotatable bonds is 12. The van der Waals surface area contributed by atoms with Gasteiger partial charge in [0.15, 0.2) is 0 Å². The fourth-order valence-electron chi connectivity index (χ4n) is 7.60. The molecule has 3 amide bonds. The number of amides is 3. The van der Waals surface area contributed by atoms with Crippen LogP contribution in [0.1, 0.15) is 32.8 Å². The maximum absolute atomic E-state index is 14.8. The number of anilines is 1. The Morgan fingerprint density at radius 1 is 1.05 bits per heavy atom. The number of para-hydroxylation sites is 1. The molecule has 3 saturated heterocycles. The normalized spacial score (nSPS) is 28.1. The second-order valence-corrected chi connectivity index (χ2v) is 13.9. The van der Waals surface area contributed by atoms with Crippen LogP contribution >= 0.6 is 11.8 Å². The molecule has 1 N–H and O–H groups in total. The van der Waals surface area contributed by atoms with Crippen LogP contribution in [0, 0.1) is 23.7 Å². The number of carbonyl (C=O) groups excluding carboxylic acids is 3. The minimum atomic E-state index is -0.805. The summed E-state index contributed by atoms with van der Waals surface area (Å²) in [6.07, 6.45) is 4.16. The van der Waals surface area contributed by atoms with E-state index in [0.29, 0.717) is 19.6 Å². The standard InChI is InChI=1S/C35H43N3O4S/c1-6-18-36(21-25-14-10-8-11-15-25)34(42)31-35-24(5)20-28(43-35)29(30(35)33(41)38(31)27(22-39)23(3)4)32(40)37(19-7-2)26-16-12-9-13-17-26/h6-17,23-24,27-31,39H,1-2,18-22H2,3-5H3/t24?,27-,28-,29+,30-,31?,35?/m0/s1. The number of hydrogen-bond donors (Lipinski definition) is 1. The molecule has 5 rings (SSSR count). The van der Waals surface area contributed by atoms with E-state index in [1.54, 1.807) is 38.6 Å². The van der Waals surface area contributed by atoms with E-state index in [9.17, 15) is 19.5 Å². The molecule has 3 fully saturated rings. The number of nitrogens with zero attached hydrogens (tertiary/aromatic N) is 3. The Kier molecular flexibility index (Phi) is 9.18. The average molecular weight is 602 g/mol. The van der Waals surface area contributed by atoms with Gasteiger partial charge in [0.1, 0.15) is 6.04 Å². The smallest absolute Gasteiger partial charge is 0.247 e. The summed E-state index contributed by atoms with van der Waals surface area (Å²) in [6.45, 7) is 14.6. The van der Waals surface area contributed by atoms with Gasteiger partial charge in [-0.25, -0.2) is 0 Å². The molecule has 228 valence electrons. The fraction of sp³-hybridized carbons (Fsp3) is 0.457. The van der Waals surface area contributed by atoms with Gasteiger partial charge in [0.25, 0.3) is 0 Å². The largest absolute Gasteiger partial charge is 0.394 e. The van der Waals surface area contributed by atoms with E-state index >= 15 is 0 Å². The van der Waals surface area contributed by atoms with Crippen LogP contribution in [0.25, 0.3) is 0 Å². The Balaban J connectivity index is 1.60. The SMILES string of the molecule is C=CCN(Cc1ccccc1)C(=O)C1N([C@@H](CO)C(C)C)C(=O)[C@@H]2[C@H](C(=O)N(CC=C)c3ccccc3)[C@@H]3CC(C)C12S3. The second-order valence-electron chi connectivity index (χ2n) is 12.4. The molecule has 3 aliphatic rings. The molecule has 2 aromatic carbocycles. The van der Waals surface area contributed by atoms with Gasteiger partial charge in [0.05, 0.1) is 29.2 Å². The summed E-state index contributed by atoms with van der Waals surface area (Å²) in [6, 6.07) is 17.9. The number of benzene rings is 2. The molecule has 0 saturated carbocycles. The van der Waals surface area contributed by atoms with Crippen LogP contribution in [-0.2, 0) is 20.9 Å². The van der Waals surface area contributed by atoms with Gasteiger partial charge in [-0.2, -0.15) is 0 Å². The van der Waals surface area contributed by atoms with Crippen LogP contribution < -0.4 is 4.90 Å². The van der Waals surface area contributed by atoms with E-state index in [1.807, 2.05) is 74.5 Å². The molecule has 1 spiro atoms. The van der Waals surface area contributed by atoms with Gasteiger partial charge in [-0.3, -0.25) is 14.4 Å². The van der Waals surface area contributed by atoms with Crippen LogP contribution in [-0.4, -0.2) is 74.4 Å². The highest BCUT2D eigenvalue weighted by Crippen LogP contribution is 2.69. The first kappa shape index (κ1) is 31.1. The molecule has 0 aliphatic carbocycles. The van der Waals surface area contributed by atoms with Crippen LogP contribution in [0.15, 0.2) is 86.0 Å². The van der Waals surface area contributed by atoms with Crippen LogP contribution in [0.4, 0.5) is 5.69 Å². The van der Waals surface area contributed by atoms with E-state index in [1.165, 1.54) is 0 Å². The summed E-state index contributed by atoms with van der Waals surface area (Å²) in [7, 11) is 0. The molecule has 3 heterocycles. The summed E-state index contributed by atoms with van der Waals surface area (Å²) < 4.78 is -0.784. The average Bonchev–Trinajstić information content (AvgIpc) is 3.60. The van der Waals surface area contributed by atoms with Crippen LogP contribution in [0.5, 0.6) is 0 Å². The van der Waals surface area contributed by atoms with Crippen molar-refractivity contribution in [3.05, 3.63) is 91.5 Å². The van der Waals surface area contributed by atoms with E-state index in [4.69, 9.17) is 0 Å². The zero-order valence-corrected chi connectivity index (χ0v) is 26.2. The molecule has 0 radical (unpaired) electrons. The van der Waals surface area contributed by atoms with Gasteiger partial charge in [-0.15, -0.1) is 24.9 Å². The van der Waals surface area contributed by atoms with Gasteiger partial charge in [-0.05, 0) is 36.0 Å². The molecule has 7 atom stereocenters. The maximum Gasteiger partial charge on any atom is 0.247 e. The number of hydrogen-bond acceptors (Lipinski definition) is 5. The Morgan fingerprint density at radius 3 is 2.26 bits per heavy atom. The van der Waals surface area contributed by atoms with E-state index in [2.05, 4.69) is 20.1 Å². The Hall–Kier alpha value is -3.36. The Bertz CT molecular complexity index is 1350. The van der Waals surface area contributed by atoms with Gasteiger partial charge in [-0.1, -0.05) is 81.5 Å². The van der Waals surface area contributed by atoms with E-state index in [-0.39, 0.29) is 41.4 Å². The topological polar surface area (TPSA) is 81.2 Å². The highest BCUT2D eigenvalue weighted by Gasteiger charge is 2.77. The van der Waals surface area contributed by atoms with Crippen molar-refractivity contribution in [3.8, 4) is 0 Å². The van der Waals surface area contributed by atoms with Crippen molar-refractivity contribution in [2.24, 2.45) is 23.7 Å². The van der Waals surface area contributed by atoms with Gasteiger partial charge >= 0.3 is 0 Å². The van der Waals surface area contributed by atoms with Gasteiger partial charge < -0.3 is 19.8 Å². The molecule has 3 unspecified atom stereocenters. The van der Waals surface area contributed by atoms with Gasteiger partial charge in [0.2, 0.25) is 17.7 Å².